The van der Waals surface area contributed by atoms with Crippen LogP contribution in [0.2, 0.25) is 0 Å². The monoisotopic (exact) mass is 422 g/mol. The van der Waals surface area contributed by atoms with Crippen molar-refractivity contribution in [3.05, 3.63) is 53.0 Å². The summed E-state index contributed by atoms with van der Waals surface area (Å²) in [7, 11) is 0. The zero-order valence-electron chi connectivity index (χ0n) is 17.9. The average Bonchev–Trinajstić information content (AvgIpc) is 3.18. The highest BCUT2D eigenvalue weighted by molar-refractivity contribution is 7.18. The van der Waals surface area contributed by atoms with Gasteiger partial charge in [-0.1, -0.05) is 19.1 Å². The van der Waals surface area contributed by atoms with Crippen LogP contribution >= 0.6 is 11.3 Å². The van der Waals surface area contributed by atoms with Crippen LogP contribution in [0.4, 0.5) is 11.4 Å². The number of hydrogen-bond donors (Lipinski definition) is 1. The summed E-state index contributed by atoms with van der Waals surface area (Å²) in [5.74, 6) is 0.0727. The molecule has 5 nitrogen and oxygen atoms in total. The van der Waals surface area contributed by atoms with Crippen LogP contribution in [0.5, 0.6) is 0 Å². The molecule has 1 aliphatic rings. The number of amides is 1. The van der Waals surface area contributed by atoms with E-state index in [1.165, 1.54) is 10.4 Å². The summed E-state index contributed by atoms with van der Waals surface area (Å²) in [6, 6.07) is 14.6. The van der Waals surface area contributed by atoms with E-state index in [1.54, 1.807) is 11.3 Å². The lowest BCUT2D eigenvalue weighted by molar-refractivity contribution is -0.116. The van der Waals surface area contributed by atoms with Crippen molar-refractivity contribution in [3.8, 4) is 0 Å². The van der Waals surface area contributed by atoms with Crippen LogP contribution in [0.15, 0.2) is 42.5 Å². The third kappa shape index (κ3) is 4.99. The van der Waals surface area contributed by atoms with Crippen molar-refractivity contribution < 1.29 is 4.79 Å². The predicted molar refractivity (Wildman–Crippen MR) is 127 cm³/mol. The minimum Gasteiger partial charge on any atom is -0.369 e. The van der Waals surface area contributed by atoms with Gasteiger partial charge in [0.05, 0.1) is 15.2 Å². The first-order valence-electron chi connectivity index (χ1n) is 10.8. The Balaban J connectivity index is 1.27. The number of hydrogen-bond acceptors (Lipinski definition) is 5. The van der Waals surface area contributed by atoms with Gasteiger partial charge in [-0.2, -0.15) is 0 Å². The summed E-state index contributed by atoms with van der Waals surface area (Å²) >= 11 is 1.72. The molecule has 1 fully saturated rings. The number of carbonyl (C=O) groups is 1. The Morgan fingerprint density at radius 3 is 2.67 bits per heavy atom. The Morgan fingerprint density at radius 1 is 1.13 bits per heavy atom. The van der Waals surface area contributed by atoms with E-state index in [1.807, 2.05) is 24.3 Å². The zero-order valence-corrected chi connectivity index (χ0v) is 18.7. The van der Waals surface area contributed by atoms with Gasteiger partial charge in [-0.25, -0.2) is 4.98 Å². The number of benzene rings is 2. The SMILES string of the molecule is CCN1CCN(c2ccc(NC(=O)CCCc3nc4ccccc4s3)c(C)c2)CC1. The van der Waals surface area contributed by atoms with Gasteiger partial charge >= 0.3 is 0 Å². The molecule has 1 amide bonds. The van der Waals surface area contributed by atoms with Crippen molar-refractivity contribution in [1.82, 2.24) is 9.88 Å². The standard InChI is InChI=1S/C24H30N4OS/c1-3-27-13-15-28(16-14-27)19-11-12-20(18(2)17-19)25-23(29)9-6-10-24-26-21-7-4-5-8-22(21)30-24/h4-5,7-8,11-12,17H,3,6,9-10,13-16H2,1-2H3,(H,25,29). The number of nitrogens with zero attached hydrogens (tertiary/aromatic N) is 3. The Kier molecular flexibility index (Phi) is 6.65. The molecule has 1 aromatic heterocycles. The van der Waals surface area contributed by atoms with E-state index in [0.29, 0.717) is 6.42 Å². The van der Waals surface area contributed by atoms with Crippen molar-refractivity contribution in [2.75, 3.05) is 42.9 Å². The molecule has 158 valence electrons. The van der Waals surface area contributed by atoms with Crippen LogP contribution in [0.25, 0.3) is 10.2 Å². The van der Waals surface area contributed by atoms with Crippen molar-refractivity contribution in [2.24, 2.45) is 0 Å². The van der Waals surface area contributed by atoms with Crippen LogP contribution in [0.3, 0.4) is 0 Å². The molecule has 0 radical (unpaired) electrons. The topological polar surface area (TPSA) is 48.5 Å². The van der Waals surface area contributed by atoms with Crippen LogP contribution in [-0.4, -0.2) is 48.5 Å². The van der Waals surface area contributed by atoms with Gasteiger partial charge in [0.1, 0.15) is 0 Å². The number of aryl methyl sites for hydroxylation is 2. The molecule has 4 rings (SSSR count). The first-order valence-corrected chi connectivity index (χ1v) is 11.7. The van der Waals surface area contributed by atoms with Gasteiger partial charge in [-0.3, -0.25) is 4.79 Å². The molecule has 3 aromatic rings. The number of aromatic nitrogens is 1. The summed E-state index contributed by atoms with van der Waals surface area (Å²) in [6.07, 6.45) is 2.16. The summed E-state index contributed by atoms with van der Waals surface area (Å²) in [6.45, 7) is 9.76. The number of thiazole rings is 1. The summed E-state index contributed by atoms with van der Waals surface area (Å²) in [5.41, 5.74) is 4.33. The van der Waals surface area contributed by atoms with E-state index in [9.17, 15) is 4.79 Å². The Morgan fingerprint density at radius 2 is 1.93 bits per heavy atom. The Hall–Kier alpha value is -2.44. The molecule has 0 aliphatic carbocycles. The minimum atomic E-state index is 0.0727. The normalized spacial score (nSPS) is 14.9. The van der Waals surface area contributed by atoms with E-state index in [-0.39, 0.29) is 5.91 Å². The lowest BCUT2D eigenvalue weighted by Crippen LogP contribution is -2.46. The van der Waals surface area contributed by atoms with Crippen LogP contribution in [-0.2, 0) is 11.2 Å². The maximum absolute atomic E-state index is 12.4. The van der Waals surface area contributed by atoms with Crippen LogP contribution in [0, 0.1) is 6.92 Å². The molecular weight excluding hydrogens is 392 g/mol. The molecule has 2 aromatic carbocycles. The van der Waals surface area contributed by atoms with Gasteiger partial charge < -0.3 is 15.1 Å². The lowest BCUT2D eigenvalue weighted by Gasteiger charge is -2.35. The number of likely N-dealkylation sites (N-methyl/N-ethyl adjacent to an activating group) is 1. The van der Waals surface area contributed by atoms with Crippen molar-refractivity contribution in [1.29, 1.82) is 0 Å². The number of para-hydroxylation sites is 1. The lowest BCUT2D eigenvalue weighted by atomic mass is 10.1. The number of piperazine rings is 1. The van der Waals surface area contributed by atoms with Crippen molar-refractivity contribution in [2.45, 2.75) is 33.1 Å². The van der Waals surface area contributed by atoms with Gasteiger partial charge in [0.25, 0.3) is 0 Å². The summed E-state index contributed by atoms with van der Waals surface area (Å²) in [5, 5.41) is 4.19. The predicted octanol–water partition coefficient (Wildman–Crippen LogP) is 4.71. The molecule has 2 heterocycles. The smallest absolute Gasteiger partial charge is 0.224 e. The van der Waals surface area contributed by atoms with Gasteiger partial charge in [0, 0.05) is 44.0 Å². The maximum atomic E-state index is 12.4. The molecule has 6 heteroatoms. The number of rotatable bonds is 7. The molecule has 0 bridgehead atoms. The third-order valence-corrected chi connectivity index (χ3v) is 6.90. The average molecular weight is 423 g/mol. The molecule has 1 N–H and O–H groups in total. The Labute approximate surface area is 182 Å². The number of nitrogens with one attached hydrogen (secondary N) is 1. The molecule has 0 unspecified atom stereocenters. The third-order valence-electron chi connectivity index (χ3n) is 5.80. The first kappa shape index (κ1) is 20.8. The van der Waals surface area contributed by atoms with Crippen LogP contribution in [0.1, 0.15) is 30.3 Å². The Bertz CT molecular complexity index is 974. The van der Waals surface area contributed by atoms with Gasteiger partial charge in [-0.05, 0) is 62.2 Å². The highest BCUT2D eigenvalue weighted by atomic mass is 32.1. The fraction of sp³-hybridized carbons (Fsp3) is 0.417. The summed E-state index contributed by atoms with van der Waals surface area (Å²) in [4.78, 5) is 22.0. The number of anilines is 2. The van der Waals surface area contributed by atoms with Crippen molar-refractivity contribution in [3.63, 3.8) is 0 Å². The van der Waals surface area contributed by atoms with Gasteiger partial charge in [0.2, 0.25) is 5.91 Å². The second kappa shape index (κ2) is 9.58. The van der Waals surface area contributed by atoms with E-state index < -0.39 is 0 Å². The zero-order chi connectivity index (χ0) is 20.9. The molecule has 0 atom stereocenters. The van der Waals surface area contributed by atoms with E-state index >= 15 is 0 Å². The molecule has 1 saturated heterocycles. The quantitative estimate of drug-likeness (QED) is 0.599. The molecule has 0 saturated carbocycles. The molecule has 1 aliphatic heterocycles. The van der Waals surface area contributed by atoms with Crippen LogP contribution < -0.4 is 10.2 Å². The highest BCUT2D eigenvalue weighted by Gasteiger charge is 2.16. The largest absolute Gasteiger partial charge is 0.369 e. The second-order valence-electron chi connectivity index (χ2n) is 7.90. The first-order chi connectivity index (χ1) is 14.6. The second-order valence-corrected chi connectivity index (χ2v) is 9.01. The fourth-order valence-electron chi connectivity index (χ4n) is 3.95. The van der Waals surface area contributed by atoms with Gasteiger partial charge in [-0.15, -0.1) is 11.3 Å². The van der Waals surface area contributed by atoms with Crippen molar-refractivity contribution >= 4 is 38.8 Å². The number of carbonyl (C=O) groups excluding carboxylic acids is 1. The molecular formula is C24H30N4OS. The minimum absolute atomic E-state index is 0.0727. The fourth-order valence-corrected chi connectivity index (χ4v) is 4.96. The van der Waals surface area contributed by atoms with E-state index in [2.05, 4.69) is 52.1 Å². The summed E-state index contributed by atoms with van der Waals surface area (Å²) < 4.78 is 1.21. The van der Waals surface area contributed by atoms with E-state index in [0.717, 1.165) is 67.3 Å². The highest BCUT2D eigenvalue weighted by Crippen LogP contribution is 2.25. The maximum Gasteiger partial charge on any atom is 0.224 e. The molecule has 30 heavy (non-hydrogen) atoms. The number of fused-ring (bicyclic) bond motifs is 1. The van der Waals surface area contributed by atoms with Gasteiger partial charge in [0.15, 0.2) is 0 Å². The molecule has 0 spiro atoms. The van der Waals surface area contributed by atoms with E-state index in [4.69, 9.17) is 0 Å².